The topological polar surface area (TPSA) is 53.5 Å². The van der Waals surface area contributed by atoms with Crippen LogP contribution in [0.5, 0.6) is 0 Å². The van der Waals surface area contributed by atoms with Crippen molar-refractivity contribution in [3.05, 3.63) is 52.5 Å². The van der Waals surface area contributed by atoms with Crippen molar-refractivity contribution in [1.82, 2.24) is 14.8 Å². The molecule has 2 fully saturated rings. The van der Waals surface area contributed by atoms with Crippen LogP contribution in [0.25, 0.3) is 0 Å². The van der Waals surface area contributed by atoms with Crippen molar-refractivity contribution in [2.45, 2.75) is 19.3 Å². The van der Waals surface area contributed by atoms with Gasteiger partial charge in [-0.15, -0.1) is 11.3 Å². The summed E-state index contributed by atoms with van der Waals surface area (Å²) >= 11 is 1.44. The number of aryl methyl sites for hydroxylation is 1. The van der Waals surface area contributed by atoms with E-state index in [1.165, 1.54) is 16.9 Å². The summed E-state index contributed by atoms with van der Waals surface area (Å²) in [7, 11) is 0. The van der Waals surface area contributed by atoms with E-state index in [2.05, 4.69) is 17.1 Å². The molecular weight excluding hydrogens is 334 g/mol. The van der Waals surface area contributed by atoms with Crippen molar-refractivity contribution in [3.8, 4) is 0 Å². The third-order valence-corrected chi connectivity index (χ3v) is 5.84. The molecule has 0 atom stereocenters. The molecule has 2 aromatic rings. The van der Waals surface area contributed by atoms with Crippen LogP contribution in [0.3, 0.4) is 0 Å². The Balaban J connectivity index is 1.27. The number of thiazole rings is 1. The molecule has 5 nitrogen and oxygen atoms in total. The Hall–Kier alpha value is -2.21. The van der Waals surface area contributed by atoms with E-state index in [1.54, 1.807) is 10.9 Å². The molecule has 2 aliphatic rings. The van der Waals surface area contributed by atoms with Crippen LogP contribution in [0.2, 0.25) is 0 Å². The third kappa shape index (κ3) is 3.31. The van der Waals surface area contributed by atoms with Crippen LogP contribution in [-0.2, 0) is 11.2 Å². The van der Waals surface area contributed by atoms with E-state index in [0.29, 0.717) is 12.1 Å². The first kappa shape index (κ1) is 16.3. The van der Waals surface area contributed by atoms with Gasteiger partial charge in [-0.2, -0.15) is 0 Å². The molecule has 0 radical (unpaired) electrons. The van der Waals surface area contributed by atoms with Gasteiger partial charge in [-0.25, -0.2) is 4.98 Å². The summed E-state index contributed by atoms with van der Waals surface area (Å²) in [5, 5.41) is 1.80. The molecule has 2 saturated heterocycles. The second kappa shape index (κ2) is 6.59. The molecule has 0 unspecified atom stereocenters. The zero-order valence-corrected chi connectivity index (χ0v) is 14.9. The van der Waals surface area contributed by atoms with Gasteiger partial charge in [-0.3, -0.25) is 9.59 Å². The first-order valence-corrected chi connectivity index (χ1v) is 9.59. The summed E-state index contributed by atoms with van der Waals surface area (Å²) in [5.41, 5.74) is 3.54. The maximum absolute atomic E-state index is 12.4. The van der Waals surface area contributed by atoms with Crippen molar-refractivity contribution in [3.63, 3.8) is 0 Å². The van der Waals surface area contributed by atoms with Crippen molar-refractivity contribution in [2.24, 2.45) is 5.41 Å². The van der Waals surface area contributed by atoms with Crippen molar-refractivity contribution in [2.75, 3.05) is 26.2 Å². The number of nitrogens with zero attached hydrogens (tertiary/aromatic N) is 3. The van der Waals surface area contributed by atoms with E-state index >= 15 is 0 Å². The van der Waals surface area contributed by atoms with Gasteiger partial charge in [0.1, 0.15) is 5.69 Å². The molecule has 0 saturated carbocycles. The van der Waals surface area contributed by atoms with Crippen LogP contribution in [-0.4, -0.2) is 52.8 Å². The lowest BCUT2D eigenvalue weighted by atomic mass is 9.79. The van der Waals surface area contributed by atoms with Gasteiger partial charge in [0.25, 0.3) is 5.91 Å². The minimum Gasteiger partial charge on any atom is -0.341 e. The number of rotatable bonds is 4. The third-order valence-electron chi connectivity index (χ3n) is 5.25. The Morgan fingerprint density at radius 2 is 1.88 bits per heavy atom. The van der Waals surface area contributed by atoms with Crippen LogP contribution in [0, 0.1) is 5.41 Å². The van der Waals surface area contributed by atoms with Crippen LogP contribution in [0.15, 0.2) is 41.2 Å². The number of carbonyl (C=O) groups is 2. The average molecular weight is 355 g/mol. The highest BCUT2D eigenvalue weighted by Crippen LogP contribution is 2.40. The fourth-order valence-corrected chi connectivity index (χ4v) is 4.37. The molecule has 1 spiro atoms. The molecule has 0 N–H and O–H groups in total. The monoisotopic (exact) mass is 355 g/mol. The first-order valence-electron chi connectivity index (χ1n) is 8.64. The van der Waals surface area contributed by atoms with E-state index < -0.39 is 0 Å². The molecule has 1 aromatic heterocycles. The Kier molecular flexibility index (Phi) is 4.29. The number of carbonyl (C=O) groups excluding carboxylic acids is 2. The maximum Gasteiger partial charge on any atom is 0.273 e. The second-order valence-electron chi connectivity index (χ2n) is 7.09. The van der Waals surface area contributed by atoms with Gasteiger partial charge < -0.3 is 9.80 Å². The van der Waals surface area contributed by atoms with Gasteiger partial charge in [-0.1, -0.05) is 30.3 Å². The number of hydrogen-bond donors (Lipinski definition) is 0. The SMILES string of the molecule is O=C(CCc1ccccc1)N1CC2(CCN(C(=O)c3cscn3)C2)C1. The van der Waals surface area contributed by atoms with E-state index in [9.17, 15) is 9.59 Å². The molecule has 4 rings (SSSR count). The largest absolute Gasteiger partial charge is 0.341 e. The number of benzene rings is 1. The van der Waals surface area contributed by atoms with Crippen LogP contribution in [0.1, 0.15) is 28.9 Å². The predicted octanol–water partition coefficient (Wildman–Crippen LogP) is 2.45. The highest BCUT2D eigenvalue weighted by molar-refractivity contribution is 7.07. The molecule has 2 aliphatic heterocycles. The summed E-state index contributed by atoms with van der Waals surface area (Å²) in [6.45, 7) is 3.07. The Labute approximate surface area is 151 Å². The molecule has 3 heterocycles. The lowest BCUT2D eigenvalue weighted by Gasteiger charge is -2.48. The second-order valence-corrected chi connectivity index (χ2v) is 7.80. The minimum absolute atomic E-state index is 0.0204. The van der Waals surface area contributed by atoms with Crippen LogP contribution >= 0.6 is 11.3 Å². The van der Waals surface area contributed by atoms with Gasteiger partial charge in [0, 0.05) is 43.4 Å². The molecule has 1 aromatic carbocycles. The molecule has 0 bridgehead atoms. The number of aromatic nitrogens is 1. The smallest absolute Gasteiger partial charge is 0.273 e. The number of likely N-dealkylation sites (tertiary alicyclic amines) is 2. The maximum atomic E-state index is 12.4. The van der Waals surface area contributed by atoms with Gasteiger partial charge in [0.05, 0.1) is 5.51 Å². The zero-order chi connectivity index (χ0) is 17.3. The molecule has 25 heavy (non-hydrogen) atoms. The Morgan fingerprint density at radius 3 is 2.60 bits per heavy atom. The van der Waals surface area contributed by atoms with Crippen LogP contribution < -0.4 is 0 Å². The van der Waals surface area contributed by atoms with Gasteiger partial charge in [0.15, 0.2) is 0 Å². The average Bonchev–Trinajstić information content (AvgIpc) is 3.28. The number of hydrogen-bond acceptors (Lipinski definition) is 4. The molecule has 130 valence electrons. The highest BCUT2D eigenvalue weighted by Gasteiger charge is 2.50. The molecular formula is C19H21N3O2S. The number of amides is 2. The Morgan fingerprint density at radius 1 is 1.12 bits per heavy atom. The van der Waals surface area contributed by atoms with Gasteiger partial charge in [-0.05, 0) is 18.4 Å². The molecule has 2 amide bonds. The van der Waals surface area contributed by atoms with E-state index in [4.69, 9.17) is 0 Å². The molecule has 0 aliphatic carbocycles. The predicted molar refractivity (Wildman–Crippen MR) is 96.4 cm³/mol. The lowest BCUT2D eigenvalue weighted by molar-refractivity contribution is -0.142. The fraction of sp³-hybridized carbons (Fsp3) is 0.421. The van der Waals surface area contributed by atoms with Crippen molar-refractivity contribution < 1.29 is 9.59 Å². The minimum atomic E-state index is 0.0204. The molecule has 6 heteroatoms. The summed E-state index contributed by atoms with van der Waals surface area (Å²) in [5.74, 6) is 0.241. The highest BCUT2D eigenvalue weighted by atomic mass is 32.1. The van der Waals surface area contributed by atoms with E-state index in [1.807, 2.05) is 28.0 Å². The summed E-state index contributed by atoms with van der Waals surface area (Å²) < 4.78 is 0. The van der Waals surface area contributed by atoms with Crippen LogP contribution in [0.4, 0.5) is 0 Å². The van der Waals surface area contributed by atoms with Crippen molar-refractivity contribution >= 4 is 23.2 Å². The summed E-state index contributed by atoms with van der Waals surface area (Å²) in [6.07, 6.45) is 2.32. The normalized spacial score (nSPS) is 18.4. The standard InChI is InChI=1S/C19H21N3O2S/c23-17(7-6-15-4-2-1-3-5-15)22-12-19(13-22)8-9-21(11-19)18(24)16-10-25-14-20-16/h1-5,10,14H,6-9,11-13H2. The lowest BCUT2D eigenvalue weighted by Crippen LogP contribution is -2.59. The van der Waals surface area contributed by atoms with Gasteiger partial charge >= 0.3 is 0 Å². The quantitative estimate of drug-likeness (QED) is 0.846. The van der Waals surface area contributed by atoms with Gasteiger partial charge in [0.2, 0.25) is 5.91 Å². The fourth-order valence-electron chi connectivity index (χ4n) is 3.84. The summed E-state index contributed by atoms with van der Waals surface area (Å²) in [4.78, 5) is 32.7. The zero-order valence-electron chi connectivity index (χ0n) is 14.1. The van der Waals surface area contributed by atoms with E-state index in [0.717, 1.165) is 39.0 Å². The van der Waals surface area contributed by atoms with E-state index in [-0.39, 0.29) is 17.2 Å². The first-order chi connectivity index (χ1) is 12.2. The summed E-state index contributed by atoms with van der Waals surface area (Å²) in [6, 6.07) is 10.1. The van der Waals surface area contributed by atoms with Crippen molar-refractivity contribution in [1.29, 1.82) is 0 Å². The Bertz CT molecular complexity index is 754.